The minimum atomic E-state index is -3.95. The Morgan fingerprint density at radius 1 is 1.38 bits per heavy atom. The third-order valence-electron chi connectivity index (χ3n) is 1.89. The summed E-state index contributed by atoms with van der Waals surface area (Å²) in [5.74, 6) is -1.21. The van der Waals surface area contributed by atoms with Gasteiger partial charge in [-0.25, -0.2) is 0 Å². The molecule has 0 bridgehead atoms. The number of rotatable bonds is 2. The van der Waals surface area contributed by atoms with E-state index in [0.29, 0.717) is 0 Å². The fourth-order valence-electron chi connectivity index (χ4n) is 1.30. The minimum Gasteiger partial charge on any atom is -0.395 e. The maximum absolute atomic E-state index is 12.7. The quantitative estimate of drug-likeness (QED) is 0.440. The molecule has 0 N–H and O–H groups in total. The molecule has 0 aliphatic carbocycles. The Balaban J connectivity index is 2.64. The SMILES string of the molecule is O=Cc1ccc2c(c1[N+](=O)[O-])OC(F)(F)O2. The number of halogens is 2. The number of nitro benzene ring substituents is 1. The smallest absolute Gasteiger partial charge is 0.395 e. The van der Waals surface area contributed by atoms with E-state index >= 15 is 0 Å². The predicted molar refractivity (Wildman–Crippen MR) is 44.7 cm³/mol. The molecule has 1 aliphatic rings. The first kappa shape index (κ1) is 10.3. The lowest BCUT2D eigenvalue weighted by molar-refractivity contribution is -0.387. The Hall–Kier alpha value is -2.25. The van der Waals surface area contributed by atoms with E-state index in [1.54, 1.807) is 0 Å². The highest BCUT2D eigenvalue weighted by atomic mass is 19.3. The Morgan fingerprint density at radius 2 is 2.06 bits per heavy atom. The Morgan fingerprint density at radius 3 is 2.62 bits per heavy atom. The van der Waals surface area contributed by atoms with Crippen molar-refractivity contribution >= 4 is 12.0 Å². The number of nitrogens with zero attached hydrogens (tertiary/aromatic N) is 1. The van der Waals surface area contributed by atoms with Crippen molar-refractivity contribution in [2.45, 2.75) is 6.29 Å². The average Bonchev–Trinajstić information content (AvgIpc) is 2.49. The molecule has 0 radical (unpaired) electrons. The van der Waals surface area contributed by atoms with Crippen molar-refractivity contribution in [2.24, 2.45) is 0 Å². The summed E-state index contributed by atoms with van der Waals surface area (Å²) >= 11 is 0. The number of hydrogen-bond donors (Lipinski definition) is 0. The van der Waals surface area contributed by atoms with E-state index in [4.69, 9.17) is 0 Å². The molecule has 0 saturated heterocycles. The normalized spacial score (nSPS) is 15.9. The van der Waals surface area contributed by atoms with Gasteiger partial charge in [0.1, 0.15) is 0 Å². The summed E-state index contributed by atoms with van der Waals surface area (Å²) in [5.41, 5.74) is -1.19. The second kappa shape index (κ2) is 3.12. The number of benzene rings is 1. The van der Waals surface area contributed by atoms with Crippen LogP contribution in [0.25, 0.3) is 0 Å². The fraction of sp³-hybridized carbons (Fsp3) is 0.125. The van der Waals surface area contributed by atoms with Crippen molar-refractivity contribution in [1.29, 1.82) is 0 Å². The van der Waals surface area contributed by atoms with Gasteiger partial charge in [-0.15, -0.1) is 8.78 Å². The van der Waals surface area contributed by atoms with E-state index in [1.165, 1.54) is 0 Å². The zero-order valence-corrected chi connectivity index (χ0v) is 7.48. The van der Waals surface area contributed by atoms with Gasteiger partial charge in [-0.1, -0.05) is 0 Å². The van der Waals surface area contributed by atoms with E-state index in [0.717, 1.165) is 12.1 Å². The first-order valence-electron chi connectivity index (χ1n) is 3.97. The first-order valence-corrected chi connectivity index (χ1v) is 3.97. The highest BCUT2D eigenvalue weighted by Gasteiger charge is 2.47. The summed E-state index contributed by atoms with van der Waals surface area (Å²) in [7, 11) is 0. The molecule has 0 amide bonds. The summed E-state index contributed by atoms with van der Waals surface area (Å²) in [4.78, 5) is 20.1. The van der Waals surface area contributed by atoms with Crippen LogP contribution in [0.2, 0.25) is 0 Å². The minimum absolute atomic E-state index is 0.179. The number of alkyl halides is 2. The second-order valence-electron chi connectivity index (χ2n) is 2.87. The van der Waals surface area contributed by atoms with E-state index in [-0.39, 0.29) is 11.8 Å². The number of ether oxygens (including phenoxy) is 2. The van der Waals surface area contributed by atoms with Crippen molar-refractivity contribution in [3.63, 3.8) is 0 Å². The molecule has 0 spiro atoms. The first-order chi connectivity index (χ1) is 7.44. The summed E-state index contributed by atoms with van der Waals surface area (Å²) in [6.07, 6.45) is -3.77. The van der Waals surface area contributed by atoms with Crippen molar-refractivity contribution < 1.29 is 28.0 Å². The van der Waals surface area contributed by atoms with Crippen LogP contribution < -0.4 is 9.47 Å². The number of fused-ring (bicyclic) bond motifs is 1. The molecule has 0 aromatic heterocycles. The van der Waals surface area contributed by atoms with Gasteiger partial charge < -0.3 is 9.47 Å². The number of nitro groups is 1. The molecule has 0 saturated carbocycles. The van der Waals surface area contributed by atoms with Crippen LogP contribution in [0.4, 0.5) is 14.5 Å². The van der Waals surface area contributed by atoms with Crippen LogP contribution in [0.5, 0.6) is 11.5 Å². The van der Waals surface area contributed by atoms with Gasteiger partial charge in [-0.05, 0) is 12.1 Å². The van der Waals surface area contributed by atoms with Crippen LogP contribution in [0.15, 0.2) is 12.1 Å². The molecule has 8 heteroatoms. The largest absolute Gasteiger partial charge is 0.586 e. The van der Waals surface area contributed by atoms with Crippen molar-refractivity contribution in [3.05, 3.63) is 27.8 Å². The number of carbonyl (C=O) groups is 1. The zero-order valence-electron chi connectivity index (χ0n) is 7.48. The number of aldehydes is 1. The zero-order chi connectivity index (χ0) is 11.9. The Kier molecular flexibility index (Phi) is 2.00. The van der Waals surface area contributed by atoms with Gasteiger partial charge >= 0.3 is 12.0 Å². The standard InChI is InChI=1S/C8H3F2NO5/c9-8(10)15-5-2-1-4(3-12)6(11(13)14)7(5)16-8/h1-3H. The van der Waals surface area contributed by atoms with Crippen LogP contribution in [0, 0.1) is 10.1 Å². The van der Waals surface area contributed by atoms with Crippen molar-refractivity contribution in [1.82, 2.24) is 0 Å². The molecule has 0 fully saturated rings. The molecule has 1 aliphatic heterocycles. The predicted octanol–water partition coefficient (Wildman–Crippen LogP) is 1.73. The van der Waals surface area contributed by atoms with Gasteiger partial charge in [0.15, 0.2) is 12.0 Å². The second-order valence-corrected chi connectivity index (χ2v) is 2.87. The average molecular weight is 231 g/mol. The van der Waals surface area contributed by atoms with Crippen LogP contribution in [-0.2, 0) is 0 Å². The molecule has 0 unspecified atom stereocenters. The molecule has 1 aromatic rings. The third-order valence-corrected chi connectivity index (χ3v) is 1.89. The molecule has 2 rings (SSSR count). The van der Waals surface area contributed by atoms with Gasteiger partial charge in [-0.2, -0.15) is 0 Å². The number of hydrogen-bond acceptors (Lipinski definition) is 5. The van der Waals surface area contributed by atoms with Gasteiger partial charge in [0, 0.05) is 0 Å². The Bertz CT molecular complexity index is 488. The van der Waals surface area contributed by atoms with Crippen LogP contribution in [0.1, 0.15) is 10.4 Å². The maximum Gasteiger partial charge on any atom is 0.586 e. The molecule has 16 heavy (non-hydrogen) atoms. The number of carbonyl (C=O) groups excluding carboxylic acids is 1. The molecule has 0 atom stereocenters. The molecule has 1 heterocycles. The summed E-state index contributed by atoms with van der Waals surface area (Å²) in [6.45, 7) is 0. The van der Waals surface area contributed by atoms with E-state index in [9.17, 15) is 23.7 Å². The van der Waals surface area contributed by atoms with E-state index in [2.05, 4.69) is 9.47 Å². The summed E-state index contributed by atoms with van der Waals surface area (Å²) in [6, 6.07) is 2.02. The van der Waals surface area contributed by atoms with Crippen molar-refractivity contribution in [3.8, 4) is 11.5 Å². The van der Waals surface area contributed by atoms with Gasteiger partial charge in [0.25, 0.3) is 5.75 Å². The maximum atomic E-state index is 12.7. The lowest BCUT2D eigenvalue weighted by Gasteiger charge is -2.04. The van der Waals surface area contributed by atoms with Gasteiger partial charge in [0.05, 0.1) is 10.5 Å². The van der Waals surface area contributed by atoms with E-state index < -0.39 is 28.4 Å². The molecular formula is C8H3F2NO5. The molecule has 6 nitrogen and oxygen atoms in total. The van der Waals surface area contributed by atoms with E-state index in [1.807, 2.05) is 0 Å². The fourth-order valence-corrected chi connectivity index (χ4v) is 1.30. The highest BCUT2D eigenvalue weighted by molar-refractivity contribution is 5.85. The lowest BCUT2D eigenvalue weighted by Crippen LogP contribution is -2.26. The monoisotopic (exact) mass is 231 g/mol. The topological polar surface area (TPSA) is 78.7 Å². The summed E-state index contributed by atoms with van der Waals surface area (Å²) < 4.78 is 33.3. The van der Waals surface area contributed by atoms with Crippen LogP contribution in [0.3, 0.4) is 0 Å². The molecule has 1 aromatic carbocycles. The van der Waals surface area contributed by atoms with Crippen molar-refractivity contribution in [2.75, 3.05) is 0 Å². The van der Waals surface area contributed by atoms with Crippen LogP contribution in [-0.4, -0.2) is 17.5 Å². The highest BCUT2D eigenvalue weighted by Crippen LogP contribution is 2.47. The lowest BCUT2D eigenvalue weighted by atomic mass is 10.1. The summed E-state index contributed by atoms with van der Waals surface area (Å²) in [5, 5.41) is 10.6. The van der Waals surface area contributed by atoms with Gasteiger partial charge in [-0.3, -0.25) is 14.9 Å². The Labute approximate surface area is 86.5 Å². The van der Waals surface area contributed by atoms with Gasteiger partial charge in [0.2, 0.25) is 0 Å². The molecule has 84 valence electrons. The molecular weight excluding hydrogens is 228 g/mol. The third kappa shape index (κ3) is 1.44. The van der Waals surface area contributed by atoms with Crippen LogP contribution >= 0.6 is 0 Å².